The molecule has 0 amide bonds. The molecule has 2 nitrogen and oxygen atoms in total. The zero-order valence-corrected chi connectivity index (χ0v) is 11.7. The van der Waals surface area contributed by atoms with Crippen molar-refractivity contribution in [3.8, 4) is 23.5 Å². The first-order chi connectivity index (χ1) is 9.40. The van der Waals surface area contributed by atoms with Gasteiger partial charge in [-0.3, -0.25) is 0 Å². The van der Waals surface area contributed by atoms with Gasteiger partial charge in [0.1, 0.15) is 16.2 Å². The third kappa shape index (κ3) is 2.35. The Bertz CT molecular complexity index is 742. The summed E-state index contributed by atoms with van der Waals surface area (Å²) in [4.78, 5) is 9.71. The molecular weight excluding hydrogens is 272 g/mol. The minimum atomic E-state index is 0.621. The molecule has 19 heavy (non-hydrogen) atoms. The highest BCUT2D eigenvalue weighted by Crippen LogP contribution is 2.37. The van der Waals surface area contributed by atoms with Crippen LogP contribution in [0.3, 0.4) is 0 Å². The van der Waals surface area contributed by atoms with E-state index in [9.17, 15) is 0 Å². The van der Waals surface area contributed by atoms with E-state index in [0.29, 0.717) is 5.75 Å². The standard InChI is InChI=1S/C15H10N2S2/c1-2-8-18-14-13-12(11-6-4-3-5-7-11)9-19-15(13)17-10-16-14/h1,3-7,9-10H,8H2. The number of terminal acetylenes is 1. The van der Waals surface area contributed by atoms with Crippen LogP contribution in [-0.2, 0) is 0 Å². The van der Waals surface area contributed by atoms with E-state index in [-0.39, 0.29) is 0 Å². The van der Waals surface area contributed by atoms with Crippen LogP contribution in [0.15, 0.2) is 47.1 Å². The molecule has 0 unspecified atom stereocenters. The Morgan fingerprint density at radius 3 is 2.84 bits per heavy atom. The van der Waals surface area contributed by atoms with Crippen LogP contribution in [-0.4, -0.2) is 15.7 Å². The molecule has 0 N–H and O–H groups in total. The van der Waals surface area contributed by atoms with Crippen LogP contribution < -0.4 is 0 Å². The Morgan fingerprint density at radius 2 is 2.05 bits per heavy atom. The molecule has 2 heterocycles. The van der Waals surface area contributed by atoms with Crippen LogP contribution >= 0.6 is 23.1 Å². The summed E-state index contributed by atoms with van der Waals surface area (Å²) >= 11 is 3.22. The Labute approximate surface area is 119 Å². The SMILES string of the molecule is C#CCSc1ncnc2scc(-c3ccccc3)c12. The smallest absolute Gasteiger partial charge is 0.128 e. The highest BCUT2D eigenvalue weighted by molar-refractivity contribution is 7.99. The summed E-state index contributed by atoms with van der Waals surface area (Å²) in [6.45, 7) is 0. The summed E-state index contributed by atoms with van der Waals surface area (Å²) in [7, 11) is 0. The zero-order valence-electron chi connectivity index (χ0n) is 10.0. The fourth-order valence-electron chi connectivity index (χ4n) is 1.90. The van der Waals surface area contributed by atoms with Gasteiger partial charge >= 0.3 is 0 Å². The third-order valence-corrected chi connectivity index (χ3v) is 4.49. The second-order valence-corrected chi connectivity index (χ2v) is 5.69. The average molecular weight is 282 g/mol. The molecule has 1 aromatic carbocycles. The first-order valence-corrected chi connectivity index (χ1v) is 7.60. The molecule has 0 aliphatic carbocycles. The molecule has 3 aromatic rings. The van der Waals surface area contributed by atoms with Crippen LogP contribution in [0.25, 0.3) is 21.3 Å². The molecule has 0 fully saturated rings. The number of nitrogens with zero attached hydrogens (tertiary/aromatic N) is 2. The maximum atomic E-state index is 5.33. The van der Waals surface area contributed by atoms with Gasteiger partial charge in [-0.25, -0.2) is 9.97 Å². The highest BCUT2D eigenvalue weighted by atomic mass is 32.2. The van der Waals surface area contributed by atoms with Gasteiger partial charge in [0.15, 0.2) is 0 Å². The monoisotopic (exact) mass is 282 g/mol. The number of rotatable bonds is 3. The van der Waals surface area contributed by atoms with Gasteiger partial charge in [-0.05, 0) is 5.56 Å². The van der Waals surface area contributed by atoms with Crippen molar-refractivity contribution in [1.82, 2.24) is 9.97 Å². The van der Waals surface area contributed by atoms with Crippen molar-refractivity contribution < 1.29 is 0 Å². The Balaban J connectivity index is 2.18. The molecule has 4 heteroatoms. The lowest BCUT2D eigenvalue weighted by Gasteiger charge is -2.03. The normalized spacial score (nSPS) is 10.5. The zero-order chi connectivity index (χ0) is 13.1. The number of aromatic nitrogens is 2. The number of benzene rings is 1. The summed E-state index contributed by atoms with van der Waals surface area (Å²) in [6, 6.07) is 10.3. The number of fused-ring (bicyclic) bond motifs is 1. The molecule has 0 aliphatic rings. The van der Waals surface area contributed by atoms with Gasteiger partial charge in [0.25, 0.3) is 0 Å². The van der Waals surface area contributed by atoms with Gasteiger partial charge < -0.3 is 0 Å². The maximum Gasteiger partial charge on any atom is 0.128 e. The Kier molecular flexibility index (Phi) is 3.49. The molecule has 0 spiro atoms. The third-order valence-electron chi connectivity index (χ3n) is 2.71. The van der Waals surface area contributed by atoms with Crippen molar-refractivity contribution in [2.45, 2.75) is 5.03 Å². The number of hydrogen-bond acceptors (Lipinski definition) is 4. The van der Waals surface area contributed by atoms with E-state index in [1.165, 1.54) is 11.1 Å². The van der Waals surface area contributed by atoms with Crippen molar-refractivity contribution in [3.63, 3.8) is 0 Å². The van der Waals surface area contributed by atoms with Gasteiger partial charge in [0, 0.05) is 10.9 Å². The van der Waals surface area contributed by atoms with E-state index in [4.69, 9.17) is 6.42 Å². The molecule has 0 bridgehead atoms. The van der Waals surface area contributed by atoms with Crippen molar-refractivity contribution in [3.05, 3.63) is 42.0 Å². The van der Waals surface area contributed by atoms with Crippen molar-refractivity contribution >= 4 is 33.3 Å². The van der Waals surface area contributed by atoms with E-state index >= 15 is 0 Å². The Morgan fingerprint density at radius 1 is 1.21 bits per heavy atom. The van der Waals surface area contributed by atoms with E-state index in [2.05, 4.69) is 33.4 Å². The lowest BCUT2D eigenvalue weighted by Crippen LogP contribution is -1.86. The predicted octanol–water partition coefficient (Wildman–Crippen LogP) is 4.08. The summed E-state index contributed by atoms with van der Waals surface area (Å²) in [5.74, 6) is 3.26. The first-order valence-electron chi connectivity index (χ1n) is 5.74. The summed E-state index contributed by atoms with van der Waals surface area (Å²) < 4.78 is 0. The molecule has 3 rings (SSSR count). The summed E-state index contributed by atoms with van der Waals surface area (Å²) in [5, 5.41) is 4.20. The minimum absolute atomic E-state index is 0.621. The maximum absolute atomic E-state index is 5.33. The van der Waals surface area contributed by atoms with Gasteiger partial charge in [-0.15, -0.1) is 17.8 Å². The molecule has 92 valence electrons. The molecule has 0 aliphatic heterocycles. The lowest BCUT2D eigenvalue weighted by molar-refractivity contribution is 1.11. The highest BCUT2D eigenvalue weighted by Gasteiger charge is 2.12. The second-order valence-electron chi connectivity index (χ2n) is 3.87. The number of thioether (sulfide) groups is 1. The van der Waals surface area contributed by atoms with Crippen LogP contribution in [0.5, 0.6) is 0 Å². The lowest BCUT2D eigenvalue weighted by atomic mass is 10.1. The summed E-state index contributed by atoms with van der Waals surface area (Å²) in [5.41, 5.74) is 2.37. The average Bonchev–Trinajstić information content (AvgIpc) is 2.90. The van der Waals surface area contributed by atoms with Gasteiger partial charge in [0.05, 0.1) is 11.1 Å². The molecular formula is C15H10N2S2. The first kappa shape index (κ1) is 12.2. The topological polar surface area (TPSA) is 25.8 Å². The fraction of sp³-hybridized carbons (Fsp3) is 0.0667. The largest absolute Gasteiger partial charge is 0.229 e. The van der Waals surface area contributed by atoms with E-state index in [1.54, 1.807) is 29.4 Å². The van der Waals surface area contributed by atoms with Crippen LogP contribution in [0, 0.1) is 12.3 Å². The van der Waals surface area contributed by atoms with E-state index < -0.39 is 0 Å². The van der Waals surface area contributed by atoms with Crippen molar-refractivity contribution in [2.75, 3.05) is 5.75 Å². The van der Waals surface area contributed by atoms with Crippen LogP contribution in [0.2, 0.25) is 0 Å². The molecule has 0 saturated heterocycles. The minimum Gasteiger partial charge on any atom is -0.229 e. The van der Waals surface area contributed by atoms with Gasteiger partial charge in [0.2, 0.25) is 0 Å². The number of hydrogen-bond donors (Lipinski definition) is 0. The number of thiophene rings is 1. The Hall–Kier alpha value is -1.83. The van der Waals surface area contributed by atoms with Crippen molar-refractivity contribution in [2.24, 2.45) is 0 Å². The van der Waals surface area contributed by atoms with E-state index in [1.807, 2.05) is 18.2 Å². The van der Waals surface area contributed by atoms with E-state index in [0.717, 1.165) is 15.2 Å². The quantitative estimate of drug-likeness (QED) is 0.411. The molecule has 0 saturated carbocycles. The predicted molar refractivity (Wildman–Crippen MR) is 82.4 cm³/mol. The molecule has 0 radical (unpaired) electrons. The van der Waals surface area contributed by atoms with Gasteiger partial charge in [-0.2, -0.15) is 0 Å². The van der Waals surface area contributed by atoms with Crippen LogP contribution in [0.1, 0.15) is 0 Å². The molecule has 0 atom stereocenters. The van der Waals surface area contributed by atoms with Crippen LogP contribution in [0.4, 0.5) is 0 Å². The summed E-state index contributed by atoms with van der Waals surface area (Å²) in [6.07, 6.45) is 6.94. The molecule has 2 aromatic heterocycles. The second kappa shape index (κ2) is 5.43. The van der Waals surface area contributed by atoms with Gasteiger partial charge in [-0.1, -0.05) is 48.0 Å². The fourth-order valence-corrected chi connectivity index (χ4v) is 3.57. The van der Waals surface area contributed by atoms with Crippen molar-refractivity contribution in [1.29, 1.82) is 0 Å².